The Hall–Kier alpha value is -3.95. The molecule has 0 radical (unpaired) electrons. The molecule has 0 aliphatic carbocycles. The van der Waals surface area contributed by atoms with Crippen molar-refractivity contribution < 1.29 is 4.79 Å². The fourth-order valence-electron chi connectivity index (χ4n) is 3.48. The predicted octanol–water partition coefficient (Wildman–Crippen LogP) is 5.91. The smallest absolute Gasteiger partial charge is 0.250 e. The minimum atomic E-state index is -0.203. The first-order chi connectivity index (χ1) is 14.9. The van der Waals surface area contributed by atoms with Gasteiger partial charge in [-0.2, -0.15) is 5.26 Å². The lowest BCUT2D eigenvalue weighted by atomic mass is 9.96. The molecule has 0 aliphatic rings. The molecule has 0 spiro atoms. The predicted molar refractivity (Wildman–Crippen MR) is 128 cm³/mol. The summed E-state index contributed by atoms with van der Waals surface area (Å²) in [5, 5.41) is 12.9. The van der Waals surface area contributed by atoms with Crippen molar-refractivity contribution in [2.75, 3.05) is 11.1 Å². The Morgan fingerprint density at radius 1 is 1.19 bits per heavy atom. The first-order valence-corrected chi connectivity index (χ1v) is 10.5. The Labute approximate surface area is 184 Å². The van der Waals surface area contributed by atoms with E-state index in [1.165, 1.54) is 0 Å². The zero-order valence-corrected chi connectivity index (χ0v) is 18.0. The maximum atomic E-state index is 12.0. The molecule has 0 saturated heterocycles. The number of carbonyl (C=O) groups excluding carboxylic acids is 1. The Morgan fingerprint density at radius 2 is 1.94 bits per heavy atom. The number of pyridine rings is 1. The number of aromatic nitrogens is 1. The van der Waals surface area contributed by atoms with Crippen LogP contribution in [0.5, 0.6) is 0 Å². The molecule has 3 N–H and O–H groups in total. The van der Waals surface area contributed by atoms with Gasteiger partial charge in [-0.15, -0.1) is 11.3 Å². The maximum Gasteiger partial charge on any atom is 0.250 e. The first-order valence-electron chi connectivity index (χ1n) is 9.64. The molecule has 0 unspecified atom stereocenters. The molecule has 152 valence electrons. The Bertz CT molecular complexity index is 1380. The monoisotopic (exact) mass is 424 g/mol. The van der Waals surface area contributed by atoms with Crippen LogP contribution in [-0.2, 0) is 4.79 Å². The van der Waals surface area contributed by atoms with Crippen molar-refractivity contribution in [2.24, 2.45) is 0 Å². The summed E-state index contributed by atoms with van der Waals surface area (Å²) in [5.41, 5.74) is 12.1. The summed E-state index contributed by atoms with van der Waals surface area (Å²) >= 11 is 1.65. The second-order valence-electron chi connectivity index (χ2n) is 7.33. The number of aryl methyl sites for hydroxylation is 1. The summed E-state index contributed by atoms with van der Waals surface area (Å²) in [6.07, 6.45) is 1.71. The third kappa shape index (κ3) is 3.79. The number of nitrogens with two attached hydrogens (primary N) is 1. The van der Waals surface area contributed by atoms with Crippen molar-refractivity contribution >= 4 is 38.8 Å². The minimum Gasteiger partial charge on any atom is -0.383 e. The van der Waals surface area contributed by atoms with E-state index in [1.807, 2.05) is 43.3 Å². The fraction of sp³-hybridized carbons (Fsp3) is 0.0800. The molecule has 0 atom stereocenters. The quantitative estimate of drug-likeness (QED) is 0.399. The SMILES string of the molecule is C=C(C)C(=O)Nc1ccc(-c2sc3ccnc(N)c3c2-c2ccc(C#N)cc2)c(C)c1. The lowest BCUT2D eigenvalue weighted by Crippen LogP contribution is -2.11. The molecule has 2 aromatic carbocycles. The number of anilines is 2. The van der Waals surface area contributed by atoms with Gasteiger partial charge in [-0.1, -0.05) is 24.8 Å². The van der Waals surface area contributed by atoms with Crippen molar-refractivity contribution in [2.45, 2.75) is 13.8 Å². The van der Waals surface area contributed by atoms with Crippen molar-refractivity contribution in [1.29, 1.82) is 5.26 Å². The number of nitrogen functional groups attached to an aromatic ring is 1. The number of rotatable bonds is 4. The summed E-state index contributed by atoms with van der Waals surface area (Å²) in [6.45, 7) is 7.37. The maximum absolute atomic E-state index is 12.0. The Kier molecular flexibility index (Phi) is 5.28. The second kappa shape index (κ2) is 8.05. The molecule has 5 nitrogen and oxygen atoms in total. The van der Waals surface area contributed by atoms with E-state index in [0.717, 1.165) is 42.9 Å². The number of nitriles is 1. The number of hydrogen-bond donors (Lipinski definition) is 2. The minimum absolute atomic E-state index is 0.203. The average Bonchev–Trinajstić information content (AvgIpc) is 3.14. The summed E-state index contributed by atoms with van der Waals surface area (Å²) < 4.78 is 1.04. The highest BCUT2D eigenvalue weighted by molar-refractivity contribution is 7.23. The van der Waals surface area contributed by atoms with Gasteiger partial charge in [0.05, 0.1) is 11.6 Å². The number of hydrogen-bond acceptors (Lipinski definition) is 5. The first kappa shape index (κ1) is 20.3. The summed E-state index contributed by atoms with van der Waals surface area (Å²) in [4.78, 5) is 17.3. The Balaban J connectivity index is 1.90. The van der Waals surface area contributed by atoms with Crippen LogP contribution in [-0.4, -0.2) is 10.9 Å². The van der Waals surface area contributed by atoms with Crippen molar-refractivity contribution in [3.05, 3.63) is 78.0 Å². The van der Waals surface area contributed by atoms with Gasteiger partial charge in [0.25, 0.3) is 5.91 Å². The molecular weight excluding hydrogens is 404 g/mol. The highest BCUT2D eigenvalue weighted by Gasteiger charge is 2.19. The highest BCUT2D eigenvalue weighted by Crippen LogP contribution is 2.47. The molecule has 4 aromatic rings. The van der Waals surface area contributed by atoms with Gasteiger partial charge < -0.3 is 11.1 Å². The van der Waals surface area contributed by atoms with Crippen LogP contribution in [0.15, 0.2) is 66.9 Å². The van der Waals surface area contributed by atoms with Gasteiger partial charge in [-0.05, 0) is 60.9 Å². The Morgan fingerprint density at radius 3 is 2.58 bits per heavy atom. The third-order valence-corrected chi connectivity index (χ3v) is 6.24. The molecular formula is C25H20N4OS. The van der Waals surface area contributed by atoms with Crippen LogP contribution in [0.1, 0.15) is 18.1 Å². The number of thiophene rings is 1. The number of benzene rings is 2. The molecule has 0 fully saturated rings. The van der Waals surface area contributed by atoms with E-state index in [0.29, 0.717) is 17.0 Å². The van der Waals surface area contributed by atoms with Crippen molar-refractivity contribution in [1.82, 2.24) is 4.98 Å². The van der Waals surface area contributed by atoms with Crippen LogP contribution in [0.3, 0.4) is 0 Å². The van der Waals surface area contributed by atoms with Crippen LogP contribution in [0, 0.1) is 18.3 Å². The van der Waals surface area contributed by atoms with Crippen LogP contribution >= 0.6 is 11.3 Å². The summed E-state index contributed by atoms with van der Waals surface area (Å²) in [5.74, 6) is 0.272. The van der Waals surface area contributed by atoms with Gasteiger partial charge in [0, 0.05) is 38.0 Å². The zero-order valence-electron chi connectivity index (χ0n) is 17.2. The molecule has 0 saturated carbocycles. The second-order valence-corrected chi connectivity index (χ2v) is 8.38. The summed E-state index contributed by atoms with van der Waals surface area (Å²) in [6, 6.07) is 17.4. The van der Waals surface area contributed by atoms with Gasteiger partial charge in [-0.25, -0.2) is 4.98 Å². The van der Waals surface area contributed by atoms with Crippen molar-refractivity contribution in [3.8, 4) is 27.6 Å². The third-order valence-electron chi connectivity index (χ3n) is 5.05. The molecule has 1 amide bonds. The number of nitrogens with one attached hydrogen (secondary N) is 1. The molecule has 0 bridgehead atoms. The molecule has 31 heavy (non-hydrogen) atoms. The van der Waals surface area contributed by atoms with E-state index in [4.69, 9.17) is 11.0 Å². The van der Waals surface area contributed by atoms with Gasteiger partial charge in [0.15, 0.2) is 0 Å². The van der Waals surface area contributed by atoms with Gasteiger partial charge in [-0.3, -0.25) is 4.79 Å². The van der Waals surface area contributed by atoms with E-state index in [-0.39, 0.29) is 5.91 Å². The van der Waals surface area contributed by atoms with Crippen LogP contribution < -0.4 is 11.1 Å². The number of nitrogens with zero attached hydrogens (tertiary/aromatic N) is 2. The number of carbonyl (C=O) groups is 1. The van der Waals surface area contributed by atoms with Crippen LogP contribution in [0.2, 0.25) is 0 Å². The lowest BCUT2D eigenvalue weighted by Gasteiger charge is -2.12. The molecule has 0 aliphatic heterocycles. The topological polar surface area (TPSA) is 91.8 Å². The lowest BCUT2D eigenvalue weighted by molar-refractivity contribution is -0.112. The fourth-order valence-corrected chi connectivity index (χ4v) is 4.80. The highest BCUT2D eigenvalue weighted by atomic mass is 32.1. The normalized spacial score (nSPS) is 10.6. The van der Waals surface area contributed by atoms with Gasteiger partial charge in [0.2, 0.25) is 0 Å². The molecule has 2 heterocycles. The largest absolute Gasteiger partial charge is 0.383 e. The molecule has 2 aromatic heterocycles. The van der Waals surface area contributed by atoms with Crippen molar-refractivity contribution in [3.63, 3.8) is 0 Å². The van der Waals surface area contributed by atoms with E-state index < -0.39 is 0 Å². The van der Waals surface area contributed by atoms with E-state index in [1.54, 1.807) is 36.6 Å². The van der Waals surface area contributed by atoms with E-state index in [9.17, 15) is 4.79 Å². The average molecular weight is 425 g/mol. The van der Waals surface area contributed by atoms with Crippen LogP contribution in [0.25, 0.3) is 31.7 Å². The van der Waals surface area contributed by atoms with E-state index >= 15 is 0 Å². The molecule has 4 rings (SSSR count). The van der Waals surface area contributed by atoms with E-state index in [2.05, 4.69) is 22.9 Å². The standard InChI is InChI=1S/C25H20N4OS/c1-14(2)25(30)29-18-8-9-19(15(3)12-18)23-21(17-6-4-16(13-26)5-7-17)22-20(31-23)10-11-28-24(22)27/h4-12H,1H2,2-3H3,(H2,27,28)(H,29,30). The van der Waals surface area contributed by atoms with Crippen LogP contribution in [0.4, 0.5) is 11.5 Å². The molecule has 6 heteroatoms. The number of amides is 1. The number of fused-ring (bicyclic) bond motifs is 1. The zero-order chi connectivity index (χ0) is 22.1. The van der Waals surface area contributed by atoms with Gasteiger partial charge >= 0.3 is 0 Å². The van der Waals surface area contributed by atoms with Gasteiger partial charge in [0.1, 0.15) is 5.82 Å². The summed E-state index contributed by atoms with van der Waals surface area (Å²) in [7, 11) is 0.